The first-order valence-electron chi connectivity index (χ1n) is 8.65. The van der Waals surface area contributed by atoms with Crippen molar-refractivity contribution >= 4 is 6.03 Å². The van der Waals surface area contributed by atoms with Gasteiger partial charge in [-0.05, 0) is 50.5 Å². The number of rotatable bonds is 6. The van der Waals surface area contributed by atoms with Crippen LogP contribution in [-0.4, -0.2) is 34.3 Å². The average molecular weight is 364 g/mol. The summed E-state index contributed by atoms with van der Waals surface area (Å²) in [6.45, 7) is 8.96. The molecule has 1 aromatic carbocycles. The first-order chi connectivity index (χ1) is 12.2. The Kier molecular flexibility index (Phi) is 6.34. The summed E-state index contributed by atoms with van der Waals surface area (Å²) in [5.74, 6) is -1.61. The van der Waals surface area contributed by atoms with Gasteiger partial charge < -0.3 is 10.2 Å². The van der Waals surface area contributed by atoms with Crippen molar-refractivity contribution in [3.8, 4) is 0 Å². The first kappa shape index (κ1) is 19.9. The Labute approximate surface area is 153 Å². The lowest BCUT2D eigenvalue weighted by atomic mass is 10.1. The van der Waals surface area contributed by atoms with Gasteiger partial charge in [0, 0.05) is 25.8 Å². The number of hydrogen-bond donors (Lipinski definition) is 1. The smallest absolute Gasteiger partial charge is 0.317 e. The van der Waals surface area contributed by atoms with E-state index < -0.39 is 11.6 Å². The summed E-state index contributed by atoms with van der Waals surface area (Å²) in [4.78, 5) is 13.8. The Morgan fingerprint density at radius 1 is 1.23 bits per heavy atom. The number of benzene rings is 1. The van der Waals surface area contributed by atoms with Crippen LogP contribution >= 0.6 is 0 Å². The largest absolute Gasteiger partial charge is 0.338 e. The minimum atomic E-state index is -0.915. The molecule has 0 saturated carbocycles. The molecule has 1 aromatic heterocycles. The molecule has 7 heteroatoms. The summed E-state index contributed by atoms with van der Waals surface area (Å²) in [6, 6.07) is 5.05. The fourth-order valence-electron chi connectivity index (χ4n) is 2.78. The highest BCUT2D eigenvalue weighted by Crippen LogP contribution is 2.21. The highest BCUT2D eigenvalue weighted by Gasteiger charge is 2.19. The standard InChI is InChI=1S/C19H26F2N4O/c1-12(11-25-14(3)8-13(2)23-25)10-22-19(26)24(5)15(4)16-6-7-17(20)18(21)9-16/h6-9,12,15H,10-11H2,1-5H3,(H,22,26). The maximum atomic E-state index is 13.4. The number of amides is 2. The highest BCUT2D eigenvalue weighted by molar-refractivity contribution is 5.74. The van der Waals surface area contributed by atoms with Crippen LogP contribution in [0.2, 0.25) is 0 Å². The Morgan fingerprint density at radius 3 is 2.50 bits per heavy atom. The SMILES string of the molecule is Cc1cc(C)n(CC(C)CNC(=O)N(C)C(C)c2ccc(F)c(F)c2)n1. The zero-order valence-corrected chi connectivity index (χ0v) is 15.9. The van der Waals surface area contributed by atoms with Gasteiger partial charge >= 0.3 is 6.03 Å². The van der Waals surface area contributed by atoms with Crippen molar-refractivity contribution in [2.45, 2.75) is 40.3 Å². The summed E-state index contributed by atoms with van der Waals surface area (Å²) in [5, 5.41) is 7.31. The van der Waals surface area contributed by atoms with Crippen molar-refractivity contribution in [2.24, 2.45) is 5.92 Å². The normalized spacial score (nSPS) is 13.3. The van der Waals surface area contributed by atoms with Crippen molar-refractivity contribution < 1.29 is 13.6 Å². The molecule has 26 heavy (non-hydrogen) atoms. The van der Waals surface area contributed by atoms with Gasteiger partial charge in [-0.25, -0.2) is 13.6 Å². The number of halogens is 2. The molecular weight excluding hydrogens is 338 g/mol. The van der Waals surface area contributed by atoms with Crippen molar-refractivity contribution in [2.75, 3.05) is 13.6 Å². The van der Waals surface area contributed by atoms with Gasteiger partial charge in [-0.3, -0.25) is 4.68 Å². The molecule has 0 radical (unpaired) electrons. The van der Waals surface area contributed by atoms with Gasteiger partial charge in [-0.1, -0.05) is 13.0 Å². The lowest BCUT2D eigenvalue weighted by Gasteiger charge is -2.26. The highest BCUT2D eigenvalue weighted by atomic mass is 19.2. The van der Waals surface area contributed by atoms with Gasteiger partial charge in [0.2, 0.25) is 0 Å². The van der Waals surface area contributed by atoms with Gasteiger partial charge in [0.15, 0.2) is 11.6 Å². The Balaban J connectivity index is 1.89. The molecule has 0 aliphatic rings. The summed E-state index contributed by atoms with van der Waals surface area (Å²) in [6.07, 6.45) is 0. The number of aryl methyl sites for hydroxylation is 2. The number of hydrogen-bond acceptors (Lipinski definition) is 2. The molecule has 2 atom stereocenters. The number of carbonyl (C=O) groups is 1. The predicted octanol–water partition coefficient (Wildman–Crippen LogP) is 3.82. The Morgan fingerprint density at radius 2 is 1.92 bits per heavy atom. The molecule has 0 bridgehead atoms. The quantitative estimate of drug-likeness (QED) is 0.847. The van der Waals surface area contributed by atoms with Crippen LogP contribution in [-0.2, 0) is 6.54 Å². The monoisotopic (exact) mass is 364 g/mol. The summed E-state index contributed by atoms with van der Waals surface area (Å²) >= 11 is 0. The van der Waals surface area contributed by atoms with Crippen LogP contribution < -0.4 is 5.32 Å². The van der Waals surface area contributed by atoms with Crippen molar-refractivity contribution in [1.29, 1.82) is 0 Å². The number of urea groups is 1. The molecule has 0 saturated heterocycles. The minimum Gasteiger partial charge on any atom is -0.338 e. The van der Waals surface area contributed by atoms with Crippen LogP contribution in [0, 0.1) is 31.4 Å². The van der Waals surface area contributed by atoms with E-state index in [2.05, 4.69) is 10.4 Å². The minimum absolute atomic E-state index is 0.198. The summed E-state index contributed by atoms with van der Waals surface area (Å²) < 4.78 is 28.4. The van der Waals surface area contributed by atoms with Crippen molar-refractivity contribution in [3.63, 3.8) is 0 Å². The topological polar surface area (TPSA) is 50.2 Å². The van der Waals surface area contributed by atoms with E-state index in [1.807, 2.05) is 31.5 Å². The van der Waals surface area contributed by atoms with Crippen LogP contribution in [0.25, 0.3) is 0 Å². The molecule has 142 valence electrons. The number of nitrogens with one attached hydrogen (secondary N) is 1. The van der Waals surface area contributed by atoms with Gasteiger partial charge in [0.1, 0.15) is 0 Å². The van der Waals surface area contributed by atoms with E-state index in [0.717, 1.165) is 23.5 Å². The third kappa shape index (κ3) is 4.80. The molecule has 1 N–H and O–H groups in total. The van der Waals surface area contributed by atoms with E-state index >= 15 is 0 Å². The molecule has 0 spiro atoms. The number of nitrogens with zero attached hydrogens (tertiary/aromatic N) is 3. The Bertz CT molecular complexity index is 775. The predicted molar refractivity (Wildman–Crippen MR) is 96.8 cm³/mol. The maximum absolute atomic E-state index is 13.4. The molecular formula is C19H26F2N4O. The second-order valence-corrected chi connectivity index (χ2v) is 6.86. The zero-order chi connectivity index (χ0) is 19.4. The van der Waals surface area contributed by atoms with Gasteiger partial charge in [0.25, 0.3) is 0 Å². The summed E-state index contributed by atoms with van der Waals surface area (Å²) in [7, 11) is 1.63. The third-order valence-corrected chi connectivity index (χ3v) is 4.52. The van der Waals surface area contributed by atoms with E-state index in [9.17, 15) is 13.6 Å². The van der Waals surface area contributed by atoms with E-state index in [-0.39, 0.29) is 18.0 Å². The molecule has 0 aliphatic heterocycles. The van der Waals surface area contributed by atoms with Gasteiger partial charge in [-0.15, -0.1) is 0 Å². The second-order valence-electron chi connectivity index (χ2n) is 6.86. The van der Waals surface area contributed by atoms with E-state index in [1.54, 1.807) is 14.0 Å². The fourth-order valence-corrected chi connectivity index (χ4v) is 2.78. The maximum Gasteiger partial charge on any atom is 0.317 e. The molecule has 0 aliphatic carbocycles. The van der Waals surface area contributed by atoms with Crippen LogP contribution in [0.15, 0.2) is 24.3 Å². The third-order valence-electron chi connectivity index (χ3n) is 4.52. The van der Waals surface area contributed by atoms with Crippen molar-refractivity contribution in [1.82, 2.24) is 20.0 Å². The van der Waals surface area contributed by atoms with E-state index in [0.29, 0.717) is 18.7 Å². The van der Waals surface area contributed by atoms with Gasteiger partial charge in [-0.2, -0.15) is 5.10 Å². The lowest BCUT2D eigenvalue weighted by molar-refractivity contribution is 0.192. The molecule has 2 amide bonds. The molecule has 1 heterocycles. The first-order valence-corrected chi connectivity index (χ1v) is 8.65. The summed E-state index contributed by atoms with van der Waals surface area (Å²) in [5.41, 5.74) is 2.60. The number of carbonyl (C=O) groups excluding carboxylic acids is 1. The molecule has 2 unspecified atom stereocenters. The molecule has 5 nitrogen and oxygen atoms in total. The van der Waals surface area contributed by atoms with Crippen LogP contribution in [0.4, 0.5) is 13.6 Å². The molecule has 0 fully saturated rings. The Hall–Kier alpha value is -2.44. The van der Waals surface area contributed by atoms with E-state index in [1.165, 1.54) is 11.0 Å². The van der Waals surface area contributed by atoms with Crippen LogP contribution in [0.3, 0.4) is 0 Å². The van der Waals surface area contributed by atoms with Gasteiger partial charge in [0.05, 0.1) is 11.7 Å². The molecule has 2 aromatic rings. The fraction of sp³-hybridized carbons (Fsp3) is 0.474. The van der Waals surface area contributed by atoms with Crippen LogP contribution in [0.1, 0.15) is 36.8 Å². The van der Waals surface area contributed by atoms with E-state index in [4.69, 9.17) is 0 Å². The second kappa shape index (κ2) is 8.29. The average Bonchev–Trinajstić information content (AvgIpc) is 2.90. The number of aromatic nitrogens is 2. The van der Waals surface area contributed by atoms with Crippen molar-refractivity contribution in [3.05, 3.63) is 52.9 Å². The van der Waals surface area contributed by atoms with Crippen LogP contribution in [0.5, 0.6) is 0 Å². The molecule has 2 rings (SSSR count). The zero-order valence-electron chi connectivity index (χ0n) is 15.9. The lowest BCUT2D eigenvalue weighted by Crippen LogP contribution is -2.41.